The molecule has 4 heteroatoms. The first kappa shape index (κ1) is 6.29. The maximum absolute atomic E-state index is 5.57. The number of hydrogen-bond donors (Lipinski definition) is 0. The number of halogens is 1. The second-order valence-electron chi connectivity index (χ2n) is 1.34. The van der Waals surface area contributed by atoms with E-state index in [9.17, 15) is 0 Å². The lowest BCUT2D eigenvalue weighted by Gasteiger charge is -1.96. The fraction of sp³-hybridized carbons (Fsp3) is 0.200. The molecule has 0 aliphatic heterocycles. The van der Waals surface area contributed by atoms with E-state index in [4.69, 9.17) is 16.3 Å². The maximum atomic E-state index is 5.57. The fourth-order valence-electron chi connectivity index (χ4n) is 0.409. The van der Waals surface area contributed by atoms with Crippen LogP contribution in [0.4, 0.5) is 0 Å². The lowest BCUT2D eigenvalue weighted by molar-refractivity contribution is 0.410. The van der Waals surface area contributed by atoms with E-state index in [1.165, 1.54) is 13.3 Å². The van der Waals surface area contributed by atoms with Crippen molar-refractivity contribution in [2.75, 3.05) is 7.11 Å². The van der Waals surface area contributed by atoms with Crippen molar-refractivity contribution in [1.82, 2.24) is 10.2 Å². The van der Waals surface area contributed by atoms with Crippen LogP contribution in [0.2, 0.25) is 5.02 Å². The van der Waals surface area contributed by atoms with Crippen molar-refractivity contribution in [1.29, 1.82) is 0 Å². The molecule has 0 saturated carbocycles. The van der Waals surface area contributed by atoms with Crippen LogP contribution in [-0.2, 0) is 0 Å². The highest BCUT2D eigenvalue weighted by molar-refractivity contribution is 6.31. The van der Waals surface area contributed by atoms with Gasteiger partial charge in [0.25, 0.3) is 0 Å². The largest absolute Gasteiger partial charge is 0.493 e. The van der Waals surface area contributed by atoms with Gasteiger partial charge in [0.2, 0.25) is 0 Å². The smallest absolute Gasteiger partial charge is 0.169 e. The van der Waals surface area contributed by atoms with Gasteiger partial charge in [0.05, 0.1) is 13.3 Å². The lowest BCUT2D eigenvalue weighted by Crippen LogP contribution is -1.87. The number of methoxy groups -OCH3 is 1. The first-order chi connectivity index (χ1) is 4.34. The van der Waals surface area contributed by atoms with Crippen molar-refractivity contribution >= 4 is 11.6 Å². The molecule has 0 aromatic carbocycles. The zero-order valence-corrected chi connectivity index (χ0v) is 5.51. The molecule has 0 spiro atoms. The van der Waals surface area contributed by atoms with Gasteiger partial charge in [0.15, 0.2) is 11.9 Å². The van der Waals surface area contributed by atoms with Gasteiger partial charge in [-0.2, -0.15) is 5.10 Å². The Hall–Kier alpha value is -0.830. The van der Waals surface area contributed by atoms with Gasteiger partial charge < -0.3 is 4.74 Å². The Kier molecular flexibility index (Phi) is 1.85. The minimum absolute atomic E-state index is 0.423. The predicted molar refractivity (Wildman–Crippen MR) is 32.4 cm³/mol. The Morgan fingerprint density at radius 1 is 1.78 bits per heavy atom. The lowest BCUT2D eigenvalue weighted by atomic mass is 10.5. The summed E-state index contributed by atoms with van der Waals surface area (Å²) >= 11 is 5.57. The number of rotatable bonds is 1. The van der Waals surface area contributed by atoms with E-state index in [-0.39, 0.29) is 0 Å². The monoisotopic (exact) mass is 143 g/mol. The van der Waals surface area contributed by atoms with E-state index in [1.54, 1.807) is 0 Å². The van der Waals surface area contributed by atoms with E-state index in [2.05, 4.69) is 16.4 Å². The summed E-state index contributed by atoms with van der Waals surface area (Å²) < 4.78 is 4.75. The predicted octanol–water partition coefficient (Wildman–Crippen LogP) is 0.939. The van der Waals surface area contributed by atoms with Crippen molar-refractivity contribution in [3.8, 4) is 5.75 Å². The van der Waals surface area contributed by atoms with Crippen LogP contribution in [-0.4, -0.2) is 17.3 Å². The van der Waals surface area contributed by atoms with Gasteiger partial charge in [-0.05, 0) is 0 Å². The molecule has 1 radical (unpaired) electrons. The minimum atomic E-state index is 0.423. The van der Waals surface area contributed by atoms with E-state index >= 15 is 0 Å². The molecule has 0 amide bonds. The third kappa shape index (κ3) is 1.29. The van der Waals surface area contributed by atoms with Crippen LogP contribution in [0.25, 0.3) is 0 Å². The average molecular weight is 144 g/mol. The van der Waals surface area contributed by atoms with Crippen molar-refractivity contribution in [2.45, 2.75) is 0 Å². The molecule has 0 saturated heterocycles. The molecule has 1 heterocycles. The summed E-state index contributed by atoms with van der Waals surface area (Å²) in [6.45, 7) is 0. The molecule has 9 heavy (non-hydrogen) atoms. The van der Waals surface area contributed by atoms with Gasteiger partial charge in [-0.15, -0.1) is 5.10 Å². The second kappa shape index (κ2) is 2.64. The Labute approximate surface area is 57.6 Å². The van der Waals surface area contributed by atoms with E-state index in [0.717, 1.165) is 0 Å². The highest BCUT2D eigenvalue weighted by Gasteiger charge is 1.97. The highest BCUT2D eigenvalue weighted by Crippen LogP contribution is 2.18. The van der Waals surface area contributed by atoms with Gasteiger partial charge in [0, 0.05) is 0 Å². The van der Waals surface area contributed by atoms with Crippen LogP contribution in [0.5, 0.6) is 5.75 Å². The van der Waals surface area contributed by atoms with Gasteiger partial charge >= 0.3 is 0 Å². The molecule has 0 aliphatic carbocycles. The van der Waals surface area contributed by atoms with Gasteiger partial charge in [-0.1, -0.05) is 11.6 Å². The molecule has 1 aromatic heterocycles. The molecule has 0 bridgehead atoms. The Morgan fingerprint density at radius 3 is 3.00 bits per heavy atom. The van der Waals surface area contributed by atoms with Crippen LogP contribution in [0.15, 0.2) is 6.20 Å². The van der Waals surface area contributed by atoms with Gasteiger partial charge in [0.1, 0.15) is 5.02 Å². The standard InChI is InChI=1S/C5H4ClN2O/c1-9-5-3-8-7-2-4(5)6/h2H,1H3. The van der Waals surface area contributed by atoms with E-state index in [0.29, 0.717) is 10.8 Å². The van der Waals surface area contributed by atoms with Crippen molar-refractivity contribution in [3.05, 3.63) is 17.4 Å². The van der Waals surface area contributed by atoms with Crippen LogP contribution < -0.4 is 4.74 Å². The molecule has 47 valence electrons. The number of ether oxygens (including phenoxy) is 1. The molecule has 1 rings (SSSR count). The molecule has 0 fully saturated rings. The molecule has 0 aliphatic rings. The quantitative estimate of drug-likeness (QED) is 0.587. The highest BCUT2D eigenvalue weighted by atomic mass is 35.5. The Balaban J connectivity index is 3.01. The summed E-state index contributed by atoms with van der Waals surface area (Å²) in [4.78, 5) is 0. The summed E-state index contributed by atoms with van der Waals surface area (Å²) in [5.41, 5.74) is 0. The van der Waals surface area contributed by atoms with Crippen molar-refractivity contribution < 1.29 is 4.74 Å². The van der Waals surface area contributed by atoms with Crippen LogP contribution in [0.1, 0.15) is 0 Å². The summed E-state index contributed by atoms with van der Waals surface area (Å²) in [6.07, 6.45) is 3.87. The van der Waals surface area contributed by atoms with Crippen LogP contribution >= 0.6 is 11.6 Å². The molecule has 1 aromatic rings. The van der Waals surface area contributed by atoms with Gasteiger partial charge in [-0.25, -0.2) is 0 Å². The SMILES string of the molecule is COc1[c]nncc1Cl. The zero-order valence-electron chi connectivity index (χ0n) is 4.76. The second-order valence-corrected chi connectivity index (χ2v) is 1.74. The summed E-state index contributed by atoms with van der Waals surface area (Å²) in [7, 11) is 1.50. The van der Waals surface area contributed by atoms with Crippen LogP contribution in [0.3, 0.4) is 0 Å². The zero-order chi connectivity index (χ0) is 6.69. The minimum Gasteiger partial charge on any atom is -0.493 e. The van der Waals surface area contributed by atoms with Gasteiger partial charge in [-0.3, -0.25) is 0 Å². The van der Waals surface area contributed by atoms with Crippen molar-refractivity contribution in [3.63, 3.8) is 0 Å². The topological polar surface area (TPSA) is 35.0 Å². The Morgan fingerprint density at radius 2 is 2.56 bits per heavy atom. The third-order valence-corrected chi connectivity index (χ3v) is 1.07. The molecular formula is C5H4ClN2O. The molecule has 3 nitrogen and oxygen atoms in total. The van der Waals surface area contributed by atoms with Crippen molar-refractivity contribution in [2.24, 2.45) is 0 Å². The number of hydrogen-bond acceptors (Lipinski definition) is 3. The number of nitrogens with zero attached hydrogens (tertiary/aromatic N) is 2. The molecule has 0 unspecified atom stereocenters. The normalized spacial score (nSPS) is 9.11. The molecule has 0 N–H and O–H groups in total. The average Bonchev–Trinajstić information content (AvgIpc) is 1.89. The Bertz CT molecular complexity index is 204. The first-order valence-electron chi connectivity index (χ1n) is 2.27. The summed E-state index contributed by atoms with van der Waals surface area (Å²) in [6, 6.07) is 0. The van der Waals surface area contributed by atoms with E-state index < -0.39 is 0 Å². The maximum Gasteiger partial charge on any atom is 0.169 e. The summed E-state index contributed by atoms with van der Waals surface area (Å²) in [5.74, 6) is 0.423. The summed E-state index contributed by atoms with van der Waals surface area (Å²) in [5, 5.41) is 7.33. The van der Waals surface area contributed by atoms with E-state index in [1.807, 2.05) is 0 Å². The first-order valence-corrected chi connectivity index (χ1v) is 2.65. The fourth-order valence-corrected chi connectivity index (χ4v) is 0.572. The molecule has 0 atom stereocenters. The molecular weight excluding hydrogens is 140 g/mol. The number of aromatic nitrogens is 2. The third-order valence-electron chi connectivity index (χ3n) is 0.801. The van der Waals surface area contributed by atoms with Crippen LogP contribution in [0, 0.1) is 6.20 Å².